The number of amides is 3. The molecule has 0 aliphatic rings. The van der Waals surface area contributed by atoms with Gasteiger partial charge < -0.3 is 21.1 Å². The first kappa shape index (κ1) is 18.5. The fraction of sp³-hybridized carbons (Fsp3) is 0.438. The molecule has 0 saturated carbocycles. The van der Waals surface area contributed by atoms with Crippen LogP contribution in [0.15, 0.2) is 30.3 Å². The summed E-state index contributed by atoms with van der Waals surface area (Å²) in [5.74, 6) is -1.31. The Balaban J connectivity index is 2.56. The van der Waals surface area contributed by atoms with Gasteiger partial charge in [0, 0.05) is 0 Å². The van der Waals surface area contributed by atoms with Crippen LogP contribution in [0.1, 0.15) is 26.3 Å². The summed E-state index contributed by atoms with van der Waals surface area (Å²) < 4.78 is 5.09. The topological polar surface area (TPSA) is 111 Å². The molecule has 0 heterocycles. The first-order valence-electron chi connectivity index (χ1n) is 7.38. The lowest BCUT2D eigenvalue weighted by Gasteiger charge is -2.22. The van der Waals surface area contributed by atoms with Crippen molar-refractivity contribution in [3.05, 3.63) is 35.9 Å². The van der Waals surface area contributed by atoms with E-state index in [0.29, 0.717) is 0 Å². The van der Waals surface area contributed by atoms with E-state index in [1.807, 2.05) is 30.3 Å². The smallest absolute Gasteiger partial charge is 0.408 e. The van der Waals surface area contributed by atoms with E-state index in [9.17, 15) is 14.4 Å². The predicted molar refractivity (Wildman–Crippen MR) is 85.2 cm³/mol. The molecule has 4 N–H and O–H groups in total. The molecule has 7 nitrogen and oxygen atoms in total. The maximum atomic E-state index is 12.1. The molecule has 0 unspecified atom stereocenters. The number of hydrogen-bond acceptors (Lipinski definition) is 4. The molecule has 1 aromatic rings. The molecule has 0 spiro atoms. The lowest BCUT2D eigenvalue weighted by Crippen LogP contribution is -2.54. The number of rotatable bonds is 7. The summed E-state index contributed by atoms with van der Waals surface area (Å²) in [7, 11) is 0. The van der Waals surface area contributed by atoms with Gasteiger partial charge in [-0.15, -0.1) is 0 Å². The van der Waals surface area contributed by atoms with Gasteiger partial charge in [0.1, 0.15) is 18.7 Å². The molecule has 7 heteroatoms. The maximum absolute atomic E-state index is 12.1. The van der Waals surface area contributed by atoms with Gasteiger partial charge >= 0.3 is 6.09 Å². The van der Waals surface area contributed by atoms with Crippen molar-refractivity contribution in [1.29, 1.82) is 0 Å². The Hall–Kier alpha value is -2.57. The molecule has 23 heavy (non-hydrogen) atoms. The molecule has 2 atom stereocenters. The molecule has 1 rings (SSSR count). The quantitative estimate of drug-likeness (QED) is 0.693. The summed E-state index contributed by atoms with van der Waals surface area (Å²) in [6.45, 7) is 5.13. The van der Waals surface area contributed by atoms with Crippen LogP contribution in [0.25, 0.3) is 0 Å². The van der Waals surface area contributed by atoms with Crippen LogP contribution in [0.5, 0.6) is 0 Å². The lowest BCUT2D eigenvalue weighted by molar-refractivity contribution is -0.128. The molecule has 0 aromatic heterocycles. The SMILES string of the molecule is CC(C)[C@H](NC(=O)OCc1ccccc1)C(=O)N[C@H](C)C(N)=O. The zero-order valence-electron chi connectivity index (χ0n) is 13.5. The van der Waals surface area contributed by atoms with Crippen molar-refractivity contribution in [2.24, 2.45) is 11.7 Å². The van der Waals surface area contributed by atoms with Crippen LogP contribution in [0.4, 0.5) is 4.79 Å². The summed E-state index contributed by atoms with van der Waals surface area (Å²) in [6, 6.07) is 7.56. The fourth-order valence-electron chi connectivity index (χ4n) is 1.80. The second-order valence-corrected chi connectivity index (χ2v) is 5.56. The molecule has 126 valence electrons. The zero-order chi connectivity index (χ0) is 17.4. The predicted octanol–water partition coefficient (Wildman–Crippen LogP) is 0.927. The van der Waals surface area contributed by atoms with Crippen LogP contribution in [-0.2, 0) is 20.9 Å². The number of ether oxygens (including phenoxy) is 1. The van der Waals surface area contributed by atoms with Crippen LogP contribution in [0.3, 0.4) is 0 Å². The second kappa shape index (κ2) is 8.77. The van der Waals surface area contributed by atoms with Crippen molar-refractivity contribution in [1.82, 2.24) is 10.6 Å². The van der Waals surface area contributed by atoms with Crippen LogP contribution in [-0.4, -0.2) is 30.0 Å². The van der Waals surface area contributed by atoms with Gasteiger partial charge in [-0.1, -0.05) is 44.2 Å². The fourth-order valence-corrected chi connectivity index (χ4v) is 1.80. The Morgan fingerprint density at radius 2 is 1.70 bits per heavy atom. The van der Waals surface area contributed by atoms with Gasteiger partial charge in [0.05, 0.1) is 0 Å². The highest BCUT2D eigenvalue weighted by atomic mass is 16.5. The third-order valence-corrected chi connectivity index (χ3v) is 3.22. The molecule has 0 radical (unpaired) electrons. The number of hydrogen-bond donors (Lipinski definition) is 3. The standard InChI is InChI=1S/C16H23N3O4/c1-10(2)13(15(21)18-11(3)14(17)20)19-16(22)23-9-12-7-5-4-6-8-12/h4-8,10-11,13H,9H2,1-3H3,(H2,17,20)(H,18,21)(H,19,22)/t11-,13+/m1/s1. The van der Waals surface area contributed by atoms with E-state index in [4.69, 9.17) is 10.5 Å². The van der Waals surface area contributed by atoms with Gasteiger partial charge in [0.25, 0.3) is 0 Å². The molecule has 1 aromatic carbocycles. The van der Waals surface area contributed by atoms with Gasteiger partial charge in [-0.2, -0.15) is 0 Å². The van der Waals surface area contributed by atoms with E-state index >= 15 is 0 Å². The van der Waals surface area contributed by atoms with Gasteiger partial charge in [-0.3, -0.25) is 9.59 Å². The Labute approximate surface area is 135 Å². The summed E-state index contributed by atoms with van der Waals surface area (Å²) >= 11 is 0. The van der Waals surface area contributed by atoms with Crippen LogP contribution in [0.2, 0.25) is 0 Å². The Morgan fingerprint density at radius 3 is 2.22 bits per heavy atom. The largest absolute Gasteiger partial charge is 0.445 e. The number of benzene rings is 1. The third kappa shape index (κ3) is 6.37. The van der Waals surface area contributed by atoms with E-state index in [2.05, 4.69) is 10.6 Å². The summed E-state index contributed by atoms with van der Waals surface area (Å²) in [5, 5.41) is 4.96. The highest BCUT2D eigenvalue weighted by Gasteiger charge is 2.26. The van der Waals surface area contributed by atoms with Crippen molar-refractivity contribution < 1.29 is 19.1 Å². The first-order chi connectivity index (χ1) is 10.8. The maximum Gasteiger partial charge on any atom is 0.408 e. The molecular weight excluding hydrogens is 298 g/mol. The molecule has 0 saturated heterocycles. The zero-order valence-corrected chi connectivity index (χ0v) is 13.5. The van der Waals surface area contributed by atoms with Crippen LogP contribution in [0, 0.1) is 5.92 Å². The summed E-state index contributed by atoms with van der Waals surface area (Å²) in [5.41, 5.74) is 5.95. The Bertz CT molecular complexity index is 546. The minimum atomic E-state index is -0.819. The highest BCUT2D eigenvalue weighted by Crippen LogP contribution is 2.05. The van der Waals surface area contributed by atoms with Crippen molar-refractivity contribution in [2.75, 3.05) is 0 Å². The molecule has 0 fully saturated rings. The summed E-state index contributed by atoms with van der Waals surface area (Å²) in [4.78, 5) is 35.0. The number of alkyl carbamates (subject to hydrolysis) is 1. The van der Waals surface area contributed by atoms with Crippen molar-refractivity contribution in [3.63, 3.8) is 0 Å². The molecule has 0 bridgehead atoms. The minimum absolute atomic E-state index is 0.108. The average Bonchev–Trinajstić information content (AvgIpc) is 2.51. The number of nitrogens with two attached hydrogens (primary N) is 1. The molecule has 3 amide bonds. The molecular formula is C16H23N3O4. The average molecular weight is 321 g/mol. The summed E-state index contributed by atoms with van der Waals surface area (Å²) in [6.07, 6.45) is -0.700. The van der Waals surface area contributed by atoms with Gasteiger partial charge in [-0.05, 0) is 18.4 Å². The van der Waals surface area contributed by atoms with E-state index in [1.165, 1.54) is 6.92 Å². The van der Waals surface area contributed by atoms with E-state index < -0.39 is 30.0 Å². The number of carbonyl (C=O) groups excluding carboxylic acids is 3. The third-order valence-electron chi connectivity index (χ3n) is 3.22. The van der Waals surface area contributed by atoms with E-state index in [0.717, 1.165) is 5.56 Å². The van der Waals surface area contributed by atoms with Crippen molar-refractivity contribution in [3.8, 4) is 0 Å². The monoisotopic (exact) mass is 321 g/mol. The van der Waals surface area contributed by atoms with Gasteiger partial charge in [-0.25, -0.2) is 4.79 Å². The first-order valence-corrected chi connectivity index (χ1v) is 7.38. The van der Waals surface area contributed by atoms with Gasteiger partial charge in [0.2, 0.25) is 11.8 Å². The Kier molecular flexibility index (Phi) is 7.05. The van der Waals surface area contributed by atoms with Crippen molar-refractivity contribution >= 4 is 17.9 Å². The molecule has 0 aliphatic carbocycles. The van der Waals surface area contributed by atoms with Gasteiger partial charge in [0.15, 0.2) is 0 Å². The van der Waals surface area contributed by atoms with Crippen molar-refractivity contribution in [2.45, 2.75) is 39.5 Å². The highest BCUT2D eigenvalue weighted by molar-refractivity contribution is 5.90. The van der Waals surface area contributed by atoms with Crippen LogP contribution < -0.4 is 16.4 Å². The lowest BCUT2D eigenvalue weighted by atomic mass is 10.0. The normalized spacial score (nSPS) is 13.0. The second-order valence-electron chi connectivity index (χ2n) is 5.56. The molecule has 0 aliphatic heterocycles. The number of carbonyl (C=O) groups is 3. The number of nitrogens with one attached hydrogen (secondary N) is 2. The van der Waals surface area contributed by atoms with Crippen LogP contribution >= 0.6 is 0 Å². The Morgan fingerprint density at radius 1 is 1.09 bits per heavy atom. The van der Waals surface area contributed by atoms with E-state index in [-0.39, 0.29) is 12.5 Å². The van der Waals surface area contributed by atoms with E-state index in [1.54, 1.807) is 13.8 Å². The minimum Gasteiger partial charge on any atom is -0.445 e. The number of primary amides is 1.